The van der Waals surface area contributed by atoms with E-state index in [0.29, 0.717) is 4.77 Å². The van der Waals surface area contributed by atoms with E-state index in [0.717, 1.165) is 81.9 Å². The van der Waals surface area contributed by atoms with Crippen LogP contribution in [0.25, 0.3) is 0 Å². The maximum atomic E-state index is 13.4. The Hall–Kier alpha value is -0.835. The van der Waals surface area contributed by atoms with Gasteiger partial charge in [0.2, 0.25) is 0 Å². The molecule has 1 saturated carbocycles. The van der Waals surface area contributed by atoms with Crippen LogP contribution in [0, 0.1) is 4.77 Å². The third-order valence-electron chi connectivity index (χ3n) is 6.61. The second kappa shape index (κ2) is 9.58. The number of hydrogen-bond acceptors (Lipinski definition) is 2. The van der Waals surface area contributed by atoms with Gasteiger partial charge in [-0.1, -0.05) is 70.0 Å². The van der Waals surface area contributed by atoms with Crippen molar-refractivity contribution in [3.8, 4) is 0 Å². The quantitative estimate of drug-likeness (QED) is 0.476. The average molecular weight is 386 g/mol. The molecular formula is C22H35BN2OS. The molecule has 27 heavy (non-hydrogen) atoms. The van der Waals surface area contributed by atoms with Crippen molar-refractivity contribution < 1.29 is 0 Å². The number of nitrogens with one attached hydrogen (secondary N) is 1. The summed E-state index contributed by atoms with van der Waals surface area (Å²) in [5.74, 6) is 0. The first kappa shape index (κ1) is 20.9. The summed E-state index contributed by atoms with van der Waals surface area (Å²) in [6.07, 6.45) is 16.7. The standard InChI is InChI=1S/C22H35BN2OS/c1-22(23)15-9-4-5-11-17(12-8-10-16-22)25-20(26)18-13-6-2-3-7-14-19(18)24-21(25)27/h17H,2-16H2,1H3,(H,24,27). The first-order valence-electron chi connectivity index (χ1n) is 11.1. The molecule has 1 N–H and O–H groups in total. The highest BCUT2D eigenvalue weighted by molar-refractivity contribution is 7.71. The highest BCUT2D eigenvalue weighted by Gasteiger charge is 2.22. The van der Waals surface area contributed by atoms with Crippen LogP contribution in [0.15, 0.2) is 4.79 Å². The topological polar surface area (TPSA) is 37.8 Å². The smallest absolute Gasteiger partial charge is 0.257 e. The van der Waals surface area contributed by atoms with Crippen molar-refractivity contribution >= 4 is 20.1 Å². The van der Waals surface area contributed by atoms with Gasteiger partial charge in [0.15, 0.2) is 4.77 Å². The number of nitrogens with zero attached hydrogens (tertiary/aromatic N) is 1. The zero-order chi connectivity index (χ0) is 19.3. The van der Waals surface area contributed by atoms with Crippen LogP contribution >= 0.6 is 12.2 Å². The second-order valence-corrected chi connectivity index (χ2v) is 9.52. The molecule has 0 amide bonds. The Kier molecular flexibility index (Phi) is 7.41. The van der Waals surface area contributed by atoms with Gasteiger partial charge in [0.25, 0.3) is 5.56 Å². The Labute approximate surface area is 170 Å². The van der Waals surface area contributed by atoms with E-state index >= 15 is 0 Å². The van der Waals surface area contributed by atoms with Crippen LogP contribution in [0.2, 0.25) is 5.31 Å². The molecule has 2 radical (unpaired) electrons. The van der Waals surface area contributed by atoms with E-state index in [1.807, 2.05) is 4.57 Å². The van der Waals surface area contributed by atoms with Gasteiger partial charge < -0.3 is 4.98 Å². The predicted octanol–water partition coefficient (Wildman–Crippen LogP) is 5.98. The summed E-state index contributed by atoms with van der Waals surface area (Å²) in [5.41, 5.74) is 2.31. The molecule has 1 aromatic rings. The minimum absolute atomic E-state index is 0.0315. The number of H-pyrrole nitrogens is 1. The lowest BCUT2D eigenvalue weighted by molar-refractivity contribution is 0.382. The summed E-state index contributed by atoms with van der Waals surface area (Å²) in [6, 6.07) is 0.235. The third kappa shape index (κ3) is 5.59. The highest BCUT2D eigenvalue weighted by atomic mass is 32.1. The molecule has 2 aliphatic carbocycles. The molecule has 5 heteroatoms. The number of aromatic nitrogens is 2. The van der Waals surface area contributed by atoms with E-state index < -0.39 is 0 Å². The zero-order valence-corrected chi connectivity index (χ0v) is 17.8. The van der Waals surface area contributed by atoms with Crippen LogP contribution in [0.5, 0.6) is 0 Å². The van der Waals surface area contributed by atoms with Gasteiger partial charge in [-0.05, 0) is 50.7 Å². The van der Waals surface area contributed by atoms with Crippen LogP contribution in [0.3, 0.4) is 0 Å². The molecule has 0 saturated heterocycles. The molecule has 0 aliphatic heterocycles. The lowest BCUT2D eigenvalue weighted by Crippen LogP contribution is -2.31. The van der Waals surface area contributed by atoms with Crippen molar-refractivity contribution in [3.63, 3.8) is 0 Å². The summed E-state index contributed by atoms with van der Waals surface area (Å²) >= 11 is 5.67. The maximum absolute atomic E-state index is 13.4. The van der Waals surface area contributed by atoms with Crippen LogP contribution in [0.1, 0.15) is 108 Å². The number of rotatable bonds is 1. The summed E-state index contributed by atoms with van der Waals surface area (Å²) in [4.78, 5) is 16.8. The molecule has 3 rings (SSSR count). The van der Waals surface area contributed by atoms with Crippen molar-refractivity contribution in [2.45, 2.75) is 115 Å². The molecule has 0 aromatic carbocycles. The monoisotopic (exact) mass is 386 g/mol. The normalized spacial score (nSPS) is 28.4. The van der Waals surface area contributed by atoms with E-state index in [2.05, 4.69) is 11.9 Å². The molecule has 1 aromatic heterocycles. The number of hydrogen-bond donors (Lipinski definition) is 1. The molecule has 2 unspecified atom stereocenters. The van der Waals surface area contributed by atoms with Crippen molar-refractivity contribution in [2.24, 2.45) is 0 Å². The molecule has 0 spiro atoms. The van der Waals surface area contributed by atoms with Gasteiger partial charge in [-0.15, -0.1) is 0 Å². The lowest BCUT2D eigenvalue weighted by Gasteiger charge is -2.25. The van der Waals surface area contributed by atoms with Gasteiger partial charge in [-0.2, -0.15) is 0 Å². The Morgan fingerprint density at radius 1 is 0.963 bits per heavy atom. The Bertz CT molecular complexity index is 737. The molecule has 148 valence electrons. The lowest BCUT2D eigenvalue weighted by atomic mass is 9.64. The summed E-state index contributed by atoms with van der Waals surface area (Å²) in [6.45, 7) is 2.19. The SMILES string of the molecule is [B]C1(C)CCCCCC(n2c(=S)[nH]c3c(c2=O)CCCCCC3)CCCC1. The summed E-state index contributed by atoms with van der Waals surface area (Å²) in [7, 11) is 6.44. The largest absolute Gasteiger partial charge is 0.335 e. The van der Waals surface area contributed by atoms with Crippen molar-refractivity contribution in [1.82, 2.24) is 9.55 Å². The molecular weight excluding hydrogens is 351 g/mol. The third-order valence-corrected chi connectivity index (χ3v) is 6.91. The minimum Gasteiger partial charge on any atom is -0.335 e. The minimum atomic E-state index is -0.0315. The van der Waals surface area contributed by atoms with Crippen molar-refractivity contribution in [2.75, 3.05) is 0 Å². The average Bonchev–Trinajstić information content (AvgIpc) is 2.62. The van der Waals surface area contributed by atoms with Crippen molar-refractivity contribution in [3.05, 3.63) is 26.4 Å². The van der Waals surface area contributed by atoms with Crippen LogP contribution in [-0.4, -0.2) is 17.4 Å². The fraction of sp³-hybridized carbons (Fsp3) is 0.818. The fourth-order valence-corrected chi connectivity index (χ4v) is 5.27. The van der Waals surface area contributed by atoms with E-state index in [1.165, 1.54) is 25.7 Å². The maximum Gasteiger partial charge on any atom is 0.257 e. The zero-order valence-electron chi connectivity index (χ0n) is 17.0. The first-order chi connectivity index (χ1) is 13.0. The predicted molar refractivity (Wildman–Crippen MR) is 116 cm³/mol. The molecule has 1 heterocycles. The van der Waals surface area contributed by atoms with E-state index in [9.17, 15) is 4.79 Å². The molecule has 0 bridgehead atoms. The van der Waals surface area contributed by atoms with E-state index in [-0.39, 0.29) is 16.9 Å². The molecule has 2 atom stereocenters. The van der Waals surface area contributed by atoms with Gasteiger partial charge in [0, 0.05) is 17.3 Å². The number of aryl methyl sites for hydroxylation is 1. The van der Waals surface area contributed by atoms with Gasteiger partial charge in [0.05, 0.1) is 7.85 Å². The van der Waals surface area contributed by atoms with Gasteiger partial charge in [-0.25, -0.2) is 0 Å². The van der Waals surface area contributed by atoms with Crippen LogP contribution in [0.4, 0.5) is 0 Å². The summed E-state index contributed by atoms with van der Waals surface area (Å²) < 4.78 is 2.58. The number of aromatic amines is 1. The molecule has 2 aliphatic rings. The Balaban J connectivity index is 1.85. The highest BCUT2D eigenvalue weighted by Crippen LogP contribution is 2.36. The van der Waals surface area contributed by atoms with E-state index in [1.54, 1.807) is 0 Å². The van der Waals surface area contributed by atoms with Gasteiger partial charge in [-0.3, -0.25) is 9.36 Å². The second-order valence-electron chi connectivity index (χ2n) is 9.13. The first-order valence-corrected chi connectivity index (χ1v) is 11.5. The molecule has 3 nitrogen and oxygen atoms in total. The Morgan fingerprint density at radius 3 is 2.30 bits per heavy atom. The fourth-order valence-electron chi connectivity index (χ4n) is 4.91. The summed E-state index contributed by atoms with van der Waals surface area (Å²) in [5, 5.41) is -0.0315. The number of fused-ring (bicyclic) bond motifs is 1. The molecule has 1 fully saturated rings. The van der Waals surface area contributed by atoms with Gasteiger partial charge >= 0.3 is 0 Å². The van der Waals surface area contributed by atoms with Crippen molar-refractivity contribution in [1.29, 1.82) is 0 Å². The van der Waals surface area contributed by atoms with Crippen LogP contribution < -0.4 is 5.56 Å². The van der Waals surface area contributed by atoms with Crippen LogP contribution in [-0.2, 0) is 12.8 Å². The van der Waals surface area contributed by atoms with Gasteiger partial charge in [0.1, 0.15) is 0 Å². The van der Waals surface area contributed by atoms with E-state index in [4.69, 9.17) is 20.1 Å². The Morgan fingerprint density at radius 2 is 1.56 bits per heavy atom.